The van der Waals surface area contributed by atoms with Crippen molar-refractivity contribution in [3.05, 3.63) is 22.7 Å². The van der Waals surface area contributed by atoms with Crippen LogP contribution < -0.4 is 11.4 Å². The van der Waals surface area contributed by atoms with Crippen LogP contribution in [0.2, 0.25) is 0 Å². The number of nitrogens with zero attached hydrogens (tertiary/aromatic N) is 2. The molecule has 0 aliphatic carbocycles. The van der Waals surface area contributed by atoms with Crippen LogP contribution >= 0.6 is 0 Å². The molecular weight excluding hydrogens is 302 g/mol. The molecule has 2 rings (SSSR count). The second-order valence-corrected chi connectivity index (χ2v) is 4.50. The van der Waals surface area contributed by atoms with Gasteiger partial charge in [0.15, 0.2) is 11.7 Å². The number of rotatable bonds is 3. The molecule has 3 atom stereocenters. The first kappa shape index (κ1) is 15.7. The van der Waals surface area contributed by atoms with E-state index in [1.54, 1.807) is 0 Å². The van der Waals surface area contributed by atoms with E-state index in [4.69, 9.17) is 10.8 Å². The summed E-state index contributed by atoms with van der Waals surface area (Å²) in [6.45, 7) is -1.56. The Morgan fingerprint density at radius 2 is 2.14 bits per heavy atom. The van der Waals surface area contributed by atoms with E-state index in [1.165, 1.54) is 0 Å². The van der Waals surface area contributed by atoms with Gasteiger partial charge >= 0.3 is 11.6 Å². The third-order valence-electron chi connectivity index (χ3n) is 3.21. The number of hydrogen-bond donors (Lipinski definition) is 3. The summed E-state index contributed by atoms with van der Waals surface area (Å²) < 4.78 is 58.5. The van der Waals surface area contributed by atoms with Crippen molar-refractivity contribution in [3.63, 3.8) is 0 Å². The van der Waals surface area contributed by atoms with E-state index in [0.717, 1.165) is 12.3 Å². The van der Waals surface area contributed by atoms with Gasteiger partial charge in [0.2, 0.25) is 6.23 Å². The highest BCUT2D eigenvalue weighted by Crippen LogP contribution is 2.49. The highest BCUT2D eigenvalue weighted by atomic mass is 19.3. The average Bonchev–Trinajstić information content (AvgIpc) is 2.60. The van der Waals surface area contributed by atoms with Gasteiger partial charge in [-0.25, -0.2) is 13.6 Å². The molecule has 0 aromatic carbocycles. The van der Waals surface area contributed by atoms with Crippen LogP contribution in [0.4, 0.5) is 23.4 Å². The van der Waals surface area contributed by atoms with Crippen molar-refractivity contribution in [3.8, 4) is 0 Å². The maximum atomic E-state index is 14.0. The molecule has 1 aliphatic heterocycles. The highest BCUT2D eigenvalue weighted by molar-refractivity contribution is 5.24. The van der Waals surface area contributed by atoms with Crippen LogP contribution in [0.1, 0.15) is 6.23 Å². The summed E-state index contributed by atoms with van der Waals surface area (Å²) in [7, 11) is 0. The molecule has 0 bridgehead atoms. The highest BCUT2D eigenvalue weighted by Gasteiger charge is 2.70. The Bertz CT molecular complexity index is 596. The Balaban J connectivity index is 2.53. The monoisotopic (exact) mass is 313 g/mol. The zero-order valence-corrected chi connectivity index (χ0v) is 10.3. The van der Waals surface area contributed by atoms with Gasteiger partial charge in [-0.05, 0) is 6.07 Å². The molecular formula is C10H11F4N3O4. The van der Waals surface area contributed by atoms with E-state index in [-0.39, 0.29) is 10.4 Å². The Morgan fingerprint density at radius 1 is 1.52 bits per heavy atom. The number of ether oxygens (including phenoxy) is 1. The predicted molar refractivity (Wildman–Crippen MR) is 59.8 cm³/mol. The smallest absolute Gasteiger partial charge is 0.351 e. The zero-order valence-electron chi connectivity index (χ0n) is 10.3. The van der Waals surface area contributed by atoms with E-state index in [9.17, 15) is 27.5 Å². The van der Waals surface area contributed by atoms with E-state index in [0.29, 0.717) is 0 Å². The summed E-state index contributed by atoms with van der Waals surface area (Å²) in [4.78, 5) is 14.7. The largest absolute Gasteiger partial charge is 0.393 e. The Hall–Kier alpha value is -1.72. The Labute approximate surface area is 114 Å². The second kappa shape index (κ2) is 4.93. The van der Waals surface area contributed by atoms with Gasteiger partial charge in [0, 0.05) is 6.20 Å². The third kappa shape index (κ3) is 2.17. The summed E-state index contributed by atoms with van der Waals surface area (Å²) in [5, 5.41) is 18.4. The quantitative estimate of drug-likeness (QED) is 0.639. The standard InChI is InChI=1S/C10H11F4N3O4/c11-6(12)9(3-18)5(19)10(13,14)7(21-9)17-2-1-4(15)16-8(17)20/h1-2,5-7,18-19H,3H2,(H2,15,16,20)/t5-,7-,9-/m1/s1. The number of nitrogens with two attached hydrogens (primary N) is 1. The maximum absolute atomic E-state index is 14.0. The fourth-order valence-corrected chi connectivity index (χ4v) is 2.02. The first-order valence-corrected chi connectivity index (χ1v) is 5.64. The SMILES string of the molecule is Nc1ccn([C@@H]2O[C@@](CO)(C(F)F)[C@@H](O)C2(F)F)c(=O)n1. The van der Waals surface area contributed by atoms with Crippen molar-refractivity contribution in [1.82, 2.24) is 9.55 Å². The van der Waals surface area contributed by atoms with E-state index in [2.05, 4.69) is 9.72 Å². The number of aliphatic hydroxyl groups is 2. The van der Waals surface area contributed by atoms with E-state index < -0.39 is 42.6 Å². The lowest BCUT2D eigenvalue weighted by Gasteiger charge is -2.28. The number of aromatic nitrogens is 2. The molecule has 1 fully saturated rings. The van der Waals surface area contributed by atoms with Gasteiger partial charge in [0.25, 0.3) is 6.43 Å². The van der Waals surface area contributed by atoms with Gasteiger partial charge in [-0.2, -0.15) is 13.8 Å². The molecule has 0 spiro atoms. The molecule has 11 heteroatoms. The lowest BCUT2D eigenvalue weighted by Crippen LogP contribution is -2.53. The van der Waals surface area contributed by atoms with Crippen molar-refractivity contribution < 1.29 is 32.5 Å². The van der Waals surface area contributed by atoms with Crippen molar-refractivity contribution in [1.29, 1.82) is 0 Å². The van der Waals surface area contributed by atoms with Gasteiger partial charge in [0.05, 0.1) is 6.61 Å². The van der Waals surface area contributed by atoms with Crippen LogP contribution in [0.25, 0.3) is 0 Å². The summed E-state index contributed by atoms with van der Waals surface area (Å²) in [6.07, 6.45) is -8.39. The van der Waals surface area contributed by atoms with Gasteiger partial charge in [-0.3, -0.25) is 4.57 Å². The lowest BCUT2D eigenvalue weighted by molar-refractivity contribution is -0.196. The molecule has 0 saturated carbocycles. The van der Waals surface area contributed by atoms with Crippen molar-refractivity contribution in [2.75, 3.05) is 12.3 Å². The molecule has 118 valence electrons. The zero-order chi connectivity index (χ0) is 16.0. The fraction of sp³-hybridized carbons (Fsp3) is 0.600. The summed E-state index contributed by atoms with van der Waals surface area (Å²) in [5.74, 6) is -4.51. The van der Waals surface area contributed by atoms with Crippen LogP contribution in [0.5, 0.6) is 0 Å². The first-order valence-electron chi connectivity index (χ1n) is 5.64. The van der Waals surface area contributed by atoms with Gasteiger partial charge in [-0.15, -0.1) is 0 Å². The molecule has 0 unspecified atom stereocenters. The number of anilines is 1. The maximum Gasteiger partial charge on any atom is 0.351 e. The third-order valence-corrected chi connectivity index (χ3v) is 3.21. The number of aliphatic hydroxyl groups excluding tert-OH is 2. The number of alkyl halides is 4. The number of halogens is 4. The molecule has 0 amide bonds. The molecule has 4 N–H and O–H groups in total. The van der Waals surface area contributed by atoms with Gasteiger partial charge in [0.1, 0.15) is 5.82 Å². The molecule has 1 aromatic rings. The van der Waals surface area contributed by atoms with Crippen LogP contribution in [-0.4, -0.2) is 50.4 Å². The molecule has 1 saturated heterocycles. The molecule has 2 heterocycles. The minimum atomic E-state index is -4.25. The summed E-state index contributed by atoms with van der Waals surface area (Å²) >= 11 is 0. The lowest BCUT2D eigenvalue weighted by atomic mass is 9.96. The molecule has 1 aromatic heterocycles. The summed E-state index contributed by atoms with van der Waals surface area (Å²) in [6, 6.07) is 0.981. The van der Waals surface area contributed by atoms with Crippen LogP contribution in [-0.2, 0) is 4.74 Å². The second-order valence-electron chi connectivity index (χ2n) is 4.50. The molecule has 0 radical (unpaired) electrons. The van der Waals surface area contributed by atoms with Crippen LogP contribution in [0.15, 0.2) is 17.1 Å². The average molecular weight is 313 g/mol. The van der Waals surface area contributed by atoms with Crippen molar-refractivity contribution >= 4 is 5.82 Å². The number of nitrogen functional groups attached to an aromatic ring is 1. The predicted octanol–water partition coefficient (Wildman–Crippen LogP) is -0.653. The molecule has 1 aliphatic rings. The van der Waals surface area contributed by atoms with Crippen molar-refractivity contribution in [2.45, 2.75) is 30.3 Å². The van der Waals surface area contributed by atoms with Crippen LogP contribution in [0.3, 0.4) is 0 Å². The minimum Gasteiger partial charge on any atom is -0.393 e. The topological polar surface area (TPSA) is 111 Å². The van der Waals surface area contributed by atoms with Gasteiger partial charge in [-0.1, -0.05) is 0 Å². The van der Waals surface area contributed by atoms with Crippen LogP contribution in [0, 0.1) is 0 Å². The Morgan fingerprint density at radius 3 is 2.57 bits per heavy atom. The number of hydrogen-bond acceptors (Lipinski definition) is 6. The minimum absolute atomic E-state index is 0.222. The van der Waals surface area contributed by atoms with Gasteiger partial charge < -0.3 is 20.7 Å². The first-order chi connectivity index (χ1) is 9.66. The normalized spacial score (nSPS) is 31.8. The Kier molecular flexibility index (Phi) is 3.68. The van der Waals surface area contributed by atoms with Crippen molar-refractivity contribution in [2.24, 2.45) is 0 Å². The summed E-state index contributed by atoms with van der Waals surface area (Å²) in [5.41, 5.74) is 0.719. The van der Waals surface area contributed by atoms with E-state index in [1.807, 2.05) is 0 Å². The molecule has 21 heavy (non-hydrogen) atoms. The fourth-order valence-electron chi connectivity index (χ4n) is 2.02. The molecule has 7 nitrogen and oxygen atoms in total. The van der Waals surface area contributed by atoms with E-state index >= 15 is 0 Å².